The van der Waals surface area contributed by atoms with E-state index in [1.54, 1.807) is 11.8 Å². The third-order valence-electron chi connectivity index (χ3n) is 4.73. The van der Waals surface area contributed by atoms with E-state index in [4.69, 9.17) is 5.11 Å². The highest BCUT2D eigenvalue weighted by Crippen LogP contribution is 2.30. The van der Waals surface area contributed by atoms with E-state index < -0.39 is 30.4 Å². The van der Waals surface area contributed by atoms with E-state index in [9.17, 15) is 22.8 Å². The van der Waals surface area contributed by atoms with Crippen molar-refractivity contribution in [3.8, 4) is 0 Å². The number of hydrogen-bond acceptors (Lipinski definition) is 4. The molecule has 4 N–H and O–H groups in total. The zero-order chi connectivity index (χ0) is 18.8. The van der Waals surface area contributed by atoms with Gasteiger partial charge in [0.1, 0.15) is 5.54 Å². The molecule has 25 heavy (non-hydrogen) atoms. The third kappa shape index (κ3) is 4.14. The number of nitrogens with zero attached hydrogens (tertiary/aromatic N) is 2. The number of aliphatic imine (C=N–C) groups is 1. The van der Waals surface area contributed by atoms with Crippen molar-refractivity contribution in [1.29, 1.82) is 0 Å². The van der Waals surface area contributed by atoms with E-state index in [0.29, 0.717) is 25.9 Å². The van der Waals surface area contributed by atoms with Crippen molar-refractivity contribution >= 4 is 17.9 Å². The lowest BCUT2D eigenvalue weighted by Gasteiger charge is -2.39. The molecule has 0 aromatic carbocycles. The van der Waals surface area contributed by atoms with Crippen LogP contribution < -0.4 is 16.0 Å². The number of nitrogens with one attached hydrogen (secondary N) is 3. The molecule has 2 rings (SSSR count). The molecule has 2 saturated heterocycles. The number of rotatable bonds is 3. The van der Waals surface area contributed by atoms with Crippen molar-refractivity contribution < 1.29 is 27.9 Å². The molecule has 0 spiro atoms. The summed E-state index contributed by atoms with van der Waals surface area (Å²) in [4.78, 5) is 29.0. The van der Waals surface area contributed by atoms with E-state index in [1.165, 1.54) is 7.05 Å². The summed E-state index contributed by atoms with van der Waals surface area (Å²) in [6, 6.07) is -0.520. The molecule has 2 aliphatic heterocycles. The number of carbonyl (C=O) groups is 2. The summed E-state index contributed by atoms with van der Waals surface area (Å²) in [5.41, 5.74) is -0.980. The zero-order valence-electron chi connectivity index (χ0n) is 14.0. The van der Waals surface area contributed by atoms with Crippen LogP contribution in [0.25, 0.3) is 0 Å². The molecule has 0 radical (unpaired) electrons. The lowest BCUT2D eigenvalue weighted by molar-refractivity contribution is -0.201. The predicted octanol–water partition coefficient (Wildman–Crippen LogP) is -0.205. The summed E-state index contributed by atoms with van der Waals surface area (Å²) in [7, 11) is 1.44. The summed E-state index contributed by atoms with van der Waals surface area (Å²) in [5, 5.41) is 16.4. The van der Waals surface area contributed by atoms with Gasteiger partial charge in [0.05, 0.1) is 6.54 Å². The molecule has 0 aromatic rings. The van der Waals surface area contributed by atoms with Crippen LogP contribution in [0.3, 0.4) is 0 Å². The minimum absolute atomic E-state index is 0.0888. The molecule has 2 fully saturated rings. The molecule has 3 amide bonds. The van der Waals surface area contributed by atoms with Gasteiger partial charge >= 0.3 is 12.2 Å². The lowest BCUT2D eigenvalue weighted by atomic mass is 9.79. The molecule has 8 nitrogen and oxygen atoms in total. The molecule has 0 saturated carbocycles. The van der Waals surface area contributed by atoms with Crippen molar-refractivity contribution in [3.05, 3.63) is 0 Å². The van der Waals surface area contributed by atoms with Gasteiger partial charge in [-0.3, -0.25) is 15.1 Å². The molecule has 11 heteroatoms. The van der Waals surface area contributed by atoms with Crippen LogP contribution in [-0.2, 0) is 4.79 Å². The molecule has 142 valence electrons. The van der Waals surface area contributed by atoms with Gasteiger partial charge in [-0.1, -0.05) is 0 Å². The number of imide groups is 1. The quantitative estimate of drug-likeness (QED) is 0.315. The largest absolute Gasteiger partial charge is 0.416 e. The van der Waals surface area contributed by atoms with Crippen LogP contribution in [0, 0.1) is 5.92 Å². The van der Waals surface area contributed by atoms with Gasteiger partial charge in [-0.2, -0.15) is 13.2 Å². The second-order valence-electron chi connectivity index (χ2n) is 6.36. The van der Waals surface area contributed by atoms with Crippen molar-refractivity contribution in [1.82, 2.24) is 20.9 Å². The van der Waals surface area contributed by atoms with Crippen LogP contribution in [0.15, 0.2) is 4.99 Å². The highest BCUT2D eigenvalue weighted by molar-refractivity contribution is 6.07. The first-order valence-corrected chi connectivity index (χ1v) is 7.92. The van der Waals surface area contributed by atoms with E-state index in [1.807, 2.05) is 0 Å². The number of carbonyl (C=O) groups excluding carboxylic acids is 2. The van der Waals surface area contributed by atoms with Crippen molar-refractivity contribution in [2.24, 2.45) is 10.9 Å². The second-order valence-corrected chi connectivity index (χ2v) is 6.36. The number of amides is 3. The number of piperidine rings is 1. The fraction of sp³-hybridized carbons (Fsp3) is 0.786. The molecular weight excluding hydrogens is 343 g/mol. The van der Waals surface area contributed by atoms with Gasteiger partial charge in [0.15, 0.2) is 12.1 Å². The SMILES string of the molecule is CN=C(NCC(O)C(F)(F)F)N1CCC(C2(C)NC(=O)NC2=O)CC1. The summed E-state index contributed by atoms with van der Waals surface area (Å²) < 4.78 is 37.1. The van der Waals surface area contributed by atoms with Crippen LogP contribution in [0.1, 0.15) is 19.8 Å². The average Bonchev–Trinajstić information content (AvgIpc) is 2.80. The maximum atomic E-state index is 12.4. The number of likely N-dealkylation sites (tertiary alicyclic amines) is 1. The molecule has 2 unspecified atom stereocenters. The fourth-order valence-corrected chi connectivity index (χ4v) is 3.15. The molecule has 2 aliphatic rings. The number of guanidine groups is 1. The number of hydrogen-bond donors (Lipinski definition) is 4. The molecule has 2 atom stereocenters. The van der Waals surface area contributed by atoms with E-state index in [-0.39, 0.29) is 17.8 Å². The van der Waals surface area contributed by atoms with Crippen molar-refractivity contribution in [3.63, 3.8) is 0 Å². The highest BCUT2D eigenvalue weighted by Gasteiger charge is 2.48. The van der Waals surface area contributed by atoms with Gasteiger partial charge in [0.25, 0.3) is 5.91 Å². The van der Waals surface area contributed by atoms with Gasteiger partial charge in [-0.05, 0) is 25.7 Å². The Labute approximate surface area is 142 Å². The monoisotopic (exact) mass is 365 g/mol. The maximum absolute atomic E-state index is 12.4. The van der Waals surface area contributed by atoms with Crippen LogP contribution in [-0.4, -0.2) is 72.4 Å². The smallest absolute Gasteiger partial charge is 0.382 e. The molecule has 0 aromatic heterocycles. The Balaban J connectivity index is 1.90. The Morgan fingerprint density at radius 1 is 1.44 bits per heavy atom. The summed E-state index contributed by atoms with van der Waals surface area (Å²) in [6.07, 6.45) is -6.04. The summed E-state index contributed by atoms with van der Waals surface area (Å²) >= 11 is 0. The van der Waals surface area contributed by atoms with E-state index in [0.717, 1.165) is 0 Å². The summed E-state index contributed by atoms with van der Waals surface area (Å²) in [6.45, 7) is 1.91. The van der Waals surface area contributed by atoms with Crippen molar-refractivity contribution in [2.75, 3.05) is 26.7 Å². The first kappa shape index (κ1) is 19.3. The Kier molecular flexibility index (Phi) is 5.45. The molecule has 0 aliphatic carbocycles. The second kappa shape index (κ2) is 7.06. The Hall–Kier alpha value is -2.04. The summed E-state index contributed by atoms with van der Waals surface area (Å²) in [5.74, 6) is -0.201. The topological polar surface area (TPSA) is 106 Å². The Morgan fingerprint density at radius 3 is 2.48 bits per heavy atom. The van der Waals surface area contributed by atoms with Crippen LogP contribution in [0.2, 0.25) is 0 Å². The minimum Gasteiger partial charge on any atom is -0.382 e. The number of aliphatic hydroxyl groups is 1. The minimum atomic E-state index is -4.69. The van der Waals surface area contributed by atoms with Crippen molar-refractivity contribution in [2.45, 2.75) is 37.6 Å². The van der Waals surface area contributed by atoms with Gasteiger partial charge < -0.3 is 20.6 Å². The first-order chi connectivity index (χ1) is 11.6. The third-order valence-corrected chi connectivity index (χ3v) is 4.73. The molecule has 2 heterocycles. The van der Waals surface area contributed by atoms with Gasteiger partial charge in [0.2, 0.25) is 0 Å². The highest BCUT2D eigenvalue weighted by atomic mass is 19.4. The number of halogens is 3. The van der Waals surface area contributed by atoms with E-state index in [2.05, 4.69) is 20.9 Å². The van der Waals surface area contributed by atoms with Crippen LogP contribution in [0.4, 0.5) is 18.0 Å². The lowest BCUT2D eigenvalue weighted by Crippen LogP contribution is -2.56. The predicted molar refractivity (Wildman–Crippen MR) is 82.8 cm³/mol. The normalized spacial score (nSPS) is 27.1. The fourth-order valence-electron chi connectivity index (χ4n) is 3.15. The van der Waals surface area contributed by atoms with Gasteiger partial charge in [-0.15, -0.1) is 0 Å². The Bertz CT molecular complexity index is 560. The molecule has 0 bridgehead atoms. The van der Waals surface area contributed by atoms with E-state index >= 15 is 0 Å². The average molecular weight is 365 g/mol. The standard InChI is InChI=1S/C14H22F3N5O3/c1-13(10(24)20-12(25)21-13)8-3-5-22(6-4-8)11(18-2)19-7-9(23)14(15,16)17/h8-9,23H,3-7H2,1-2H3,(H,18,19)(H2,20,21,24,25). The Morgan fingerprint density at radius 2 is 2.04 bits per heavy atom. The maximum Gasteiger partial charge on any atom is 0.416 e. The number of urea groups is 1. The number of aliphatic hydroxyl groups excluding tert-OH is 1. The van der Waals surface area contributed by atoms with Crippen LogP contribution in [0.5, 0.6) is 0 Å². The number of alkyl halides is 3. The van der Waals surface area contributed by atoms with Crippen LogP contribution >= 0.6 is 0 Å². The van der Waals surface area contributed by atoms with Gasteiger partial charge in [0, 0.05) is 20.1 Å². The molecular formula is C14H22F3N5O3. The zero-order valence-corrected chi connectivity index (χ0v) is 14.0. The first-order valence-electron chi connectivity index (χ1n) is 7.92. The van der Waals surface area contributed by atoms with Gasteiger partial charge in [-0.25, -0.2) is 4.79 Å².